The van der Waals surface area contributed by atoms with Crippen molar-refractivity contribution in [3.8, 4) is 16.9 Å². The largest absolute Gasteiger partial charge is 0.496 e. The van der Waals surface area contributed by atoms with Crippen molar-refractivity contribution in [1.82, 2.24) is 14.8 Å². The molecular weight excluding hydrogens is 512 g/mol. The smallest absolute Gasteiger partial charge is 0.231 e. The second-order valence-corrected chi connectivity index (χ2v) is 12.7. The van der Waals surface area contributed by atoms with E-state index in [1.54, 1.807) is 7.11 Å². The van der Waals surface area contributed by atoms with E-state index < -0.39 is 0 Å². The van der Waals surface area contributed by atoms with E-state index in [4.69, 9.17) is 9.72 Å². The van der Waals surface area contributed by atoms with Gasteiger partial charge in [-0.2, -0.15) is 5.10 Å². The minimum Gasteiger partial charge on any atom is -0.496 e. The average molecular weight is 557 g/mol. The molecule has 0 unspecified atom stereocenters. The molecule has 1 amide bonds. The van der Waals surface area contributed by atoms with E-state index in [0.29, 0.717) is 37.3 Å². The molecule has 0 aliphatic heterocycles. The molecule has 7 nitrogen and oxygen atoms in total. The normalized spacial score (nSPS) is 24.7. The van der Waals surface area contributed by atoms with E-state index in [2.05, 4.69) is 53.2 Å². The minimum atomic E-state index is -0.281. The number of rotatable bonds is 8. The SMILES string of the molecule is COc1ccc(C2CCC(CN(C(=O)C3CCC(O)CC3)c3cc(-c4cnn(C5CC5)c4)cc(C)n3)CC2)cc1C. The van der Waals surface area contributed by atoms with Crippen LogP contribution in [0.15, 0.2) is 42.7 Å². The fourth-order valence-corrected chi connectivity index (χ4v) is 6.91. The van der Waals surface area contributed by atoms with E-state index >= 15 is 0 Å². The molecule has 1 aromatic carbocycles. The lowest BCUT2D eigenvalue weighted by Crippen LogP contribution is -2.42. The highest BCUT2D eigenvalue weighted by Gasteiger charge is 2.33. The van der Waals surface area contributed by atoms with Gasteiger partial charge in [-0.05, 0) is 125 Å². The Morgan fingerprint density at radius 2 is 1.73 bits per heavy atom. The highest BCUT2D eigenvalue weighted by Crippen LogP contribution is 2.39. The zero-order valence-corrected chi connectivity index (χ0v) is 24.8. The maximum absolute atomic E-state index is 14.1. The summed E-state index contributed by atoms with van der Waals surface area (Å²) in [5, 5.41) is 14.7. The molecule has 3 fully saturated rings. The monoisotopic (exact) mass is 556 g/mol. The Morgan fingerprint density at radius 1 is 0.976 bits per heavy atom. The molecule has 6 rings (SSSR count). The number of carbonyl (C=O) groups is 1. The number of aromatic nitrogens is 3. The average Bonchev–Trinajstić information content (AvgIpc) is 3.71. The van der Waals surface area contributed by atoms with Gasteiger partial charge in [0, 0.05) is 29.9 Å². The molecule has 0 saturated heterocycles. The summed E-state index contributed by atoms with van der Waals surface area (Å²) in [5.41, 5.74) is 5.63. The summed E-state index contributed by atoms with van der Waals surface area (Å²) < 4.78 is 7.54. The predicted molar refractivity (Wildman–Crippen MR) is 161 cm³/mol. The van der Waals surface area contributed by atoms with Crippen LogP contribution in [0.4, 0.5) is 5.82 Å². The Bertz CT molecular complexity index is 1360. The minimum absolute atomic E-state index is 0.0552. The molecule has 218 valence electrons. The van der Waals surface area contributed by atoms with Crippen LogP contribution in [0.25, 0.3) is 11.1 Å². The van der Waals surface area contributed by atoms with E-state index in [1.807, 2.05) is 18.0 Å². The number of amides is 1. The highest BCUT2D eigenvalue weighted by atomic mass is 16.5. The van der Waals surface area contributed by atoms with Crippen LogP contribution in [0.1, 0.15) is 93.0 Å². The lowest BCUT2D eigenvalue weighted by molar-refractivity contribution is -0.124. The number of anilines is 1. The number of methoxy groups -OCH3 is 1. The van der Waals surface area contributed by atoms with Crippen LogP contribution in [0.5, 0.6) is 5.75 Å². The van der Waals surface area contributed by atoms with Crippen LogP contribution in [-0.4, -0.2) is 45.5 Å². The molecule has 3 aromatic rings. The number of ether oxygens (including phenoxy) is 1. The number of aliphatic hydroxyl groups excluding tert-OH is 1. The van der Waals surface area contributed by atoms with E-state index in [-0.39, 0.29) is 17.9 Å². The molecule has 1 N–H and O–H groups in total. The first-order chi connectivity index (χ1) is 19.9. The third-order valence-electron chi connectivity index (χ3n) is 9.56. The van der Waals surface area contributed by atoms with Gasteiger partial charge in [-0.1, -0.05) is 12.1 Å². The van der Waals surface area contributed by atoms with Gasteiger partial charge >= 0.3 is 0 Å². The first-order valence-electron chi connectivity index (χ1n) is 15.5. The van der Waals surface area contributed by atoms with Gasteiger partial charge < -0.3 is 9.84 Å². The fraction of sp³-hybridized carbons (Fsp3) is 0.559. The number of hydrogen-bond acceptors (Lipinski definition) is 5. The van der Waals surface area contributed by atoms with Crippen molar-refractivity contribution in [2.24, 2.45) is 11.8 Å². The number of aryl methyl sites for hydroxylation is 2. The predicted octanol–water partition coefficient (Wildman–Crippen LogP) is 6.76. The second kappa shape index (κ2) is 12.0. The van der Waals surface area contributed by atoms with E-state index in [0.717, 1.165) is 66.9 Å². The van der Waals surface area contributed by atoms with Crippen molar-refractivity contribution in [2.45, 2.75) is 96.1 Å². The van der Waals surface area contributed by atoms with Crippen molar-refractivity contribution in [1.29, 1.82) is 0 Å². The second-order valence-electron chi connectivity index (χ2n) is 12.7. The Hall–Kier alpha value is -3.19. The Labute approximate surface area is 243 Å². The molecule has 2 heterocycles. The summed E-state index contributed by atoms with van der Waals surface area (Å²) in [6.45, 7) is 4.82. The maximum Gasteiger partial charge on any atom is 0.231 e. The highest BCUT2D eigenvalue weighted by molar-refractivity contribution is 5.95. The number of hydrogen-bond donors (Lipinski definition) is 1. The third kappa shape index (κ3) is 6.35. The standard InChI is InChI=1S/C34H44N4O3/c1-22-16-27(10-15-32(22)41-3)25-6-4-24(5-7-25)20-37(34(40)26-8-13-31(39)14-9-26)33-18-28(17-23(2)36-33)29-19-35-38(21-29)30-11-12-30/h10,15-19,21,24-26,30-31,39H,4-9,11-14,20H2,1-3H3. The van der Waals surface area contributed by atoms with Crippen molar-refractivity contribution >= 4 is 11.7 Å². The molecule has 0 radical (unpaired) electrons. The summed E-state index contributed by atoms with van der Waals surface area (Å²) in [5.74, 6) is 2.79. The lowest BCUT2D eigenvalue weighted by atomic mass is 9.78. The third-order valence-corrected chi connectivity index (χ3v) is 9.56. The summed E-state index contributed by atoms with van der Waals surface area (Å²) in [7, 11) is 1.73. The van der Waals surface area contributed by atoms with Crippen molar-refractivity contribution in [3.05, 3.63) is 59.5 Å². The quantitative estimate of drug-likeness (QED) is 0.331. The van der Waals surface area contributed by atoms with Crippen LogP contribution in [0, 0.1) is 25.7 Å². The van der Waals surface area contributed by atoms with Crippen LogP contribution in [0.2, 0.25) is 0 Å². The Balaban J connectivity index is 1.21. The fourth-order valence-electron chi connectivity index (χ4n) is 6.91. The molecular formula is C34H44N4O3. The van der Waals surface area contributed by atoms with Crippen molar-refractivity contribution < 1.29 is 14.6 Å². The van der Waals surface area contributed by atoms with Gasteiger partial charge in [0.1, 0.15) is 11.6 Å². The molecule has 3 saturated carbocycles. The lowest BCUT2D eigenvalue weighted by Gasteiger charge is -2.35. The number of pyridine rings is 1. The van der Waals surface area contributed by atoms with Gasteiger partial charge in [-0.25, -0.2) is 4.98 Å². The number of carbonyl (C=O) groups excluding carboxylic acids is 1. The van der Waals surface area contributed by atoms with Crippen LogP contribution < -0.4 is 9.64 Å². The van der Waals surface area contributed by atoms with Crippen LogP contribution >= 0.6 is 0 Å². The molecule has 0 spiro atoms. The number of nitrogens with zero attached hydrogens (tertiary/aromatic N) is 4. The number of aliphatic hydroxyl groups is 1. The first kappa shape index (κ1) is 28.0. The molecule has 3 aliphatic carbocycles. The van der Waals surface area contributed by atoms with Gasteiger partial charge in [-0.3, -0.25) is 14.4 Å². The zero-order chi connectivity index (χ0) is 28.5. The number of benzene rings is 1. The topological polar surface area (TPSA) is 80.5 Å². The molecule has 7 heteroatoms. The van der Waals surface area contributed by atoms with Crippen LogP contribution in [0.3, 0.4) is 0 Å². The molecule has 2 aromatic heterocycles. The van der Waals surface area contributed by atoms with Crippen molar-refractivity contribution in [3.63, 3.8) is 0 Å². The maximum atomic E-state index is 14.1. The van der Waals surface area contributed by atoms with E-state index in [9.17, 15) is 9.90 Å². The van der Waals surface area contributed by atoms with Gasteiger partial charge in [0.15, 0.2) is 0 Å². The van der Waals surface area contributed by atoms with Gasteiger partial charge in [0.2, 0.25) is 5.91 Å². The molecule has 3 aliphatic rings. The molecule has 41 heavy (non-hydrogen) atoms. The Kier molecular flexibility index (Phi) is 8.16. The Morgan fingerprint density at radius 3 is 2.41 bits per heavy atom. The molecule has 0 atom stereocenters. The van der Waals surface area contributed by atoms with Crippen LogP contribution in [-0.2, 0) is 4.79 Å². The van der Waals surface area contributed by atoms with E-state index in [1.165, 1.54) is 24.0 Å². The van der Waals surface area contributed by atoms with Crippen molar-refractivity contribution in [2.75, 3.05) is 18.6 Å². The molecule has 0 bridgehead atoms. The summed E-state index contributed by atoms with van der Waals surface area (Å²) in [6.07, 6.45) is 13.5. The van der Waals surface area contributed by atoms with Gasteiger partial charge in [0.05, 0.1) is 25.5 Å². The van der Waals surface area contributed by atoms with Gasteiger partial charge in [-0.15, -0.1) is 0 Å². The van der Waals surface area contributed by atoms with Gasteiger partial charge in [0.25, 0.3) is 0 Å². The summed E-state index contributed by atoms with van der Waals surface area (Å²) in [4.78, 5) is 21.0. The summed E-state index contributed by atoms with van der Waals surface area (Å²) in [6, 6.07) is 11.3. The zero-order valence-electron chi connectivity index (χ0n) is 24.8. The first-order valence-corrected chi connectivity index (χ1v) is 15.5. The summed E-state index contributed by atoms with van der Waals surface area (Å²) >= 11 is 0.